The summed E-state index contributed by atoms with van der Waals surface area (Å²) in [5.74, 6) is 0.159. The molecule has 8 heteroatoms. The first-order chi connectivity index (χ1) is 16.9. The van der Waals surface area contributed by atoms with Gasteiger partial charge in [0.25, 0.3) is 15.9 Å². The summed E-state index contributed by atoms with van der Waals surface area (Å²) in [6.45, 7) is 0.679. The molecule has 0 atom stereocenters. The number of nitrogens with zero attached hydrogens (tertiary/aromatic N) is 2. The topological polar surface area (TPSA) is 88.6 Å². The van der Waals surface area contributed by atoms with Crippen LogP contribution in [0.25, 0.3) is 0 Å². The summed E-state index contributed by atoms with van der Waals surface area (Å²) in [4.78, 5) is 16.9. The Morgan fingerprint density at radius 2 is 1.54 bits per heavy atom. The van der Waals surface area contributed by atoms with Crippen LogP contribution in [0.5, 0.6) is 5.88 Å². The number of ether oxygens (including phenoxy) is 1. The van der Waals surface area contributed by atoms with Crippen molar-refractivity contribution in [3.8, 4) is 5.88 Å². The molecule has 1 N–H and O–H groups in total. The van der Waals surface area contributed by atoms with E-state index in [1.165, 1.54) is 35.6 Å². The predicted molar refractivity (Wildman–Crippen MR) is 135 cm³/mol. The third kappa shape index (κ3) is 6.04. The molecule has 0 radical (unpaired) electrons. The molecule has 0 aliphatic carbocycles. The van der Waals surface area contributed by atoms with Gasteiger partial charge >= 0.3 is 0 Å². The van der Waals surface area contributed by atoms with Crippen molar-refractivity contribution in [3.63, 3.8) is 0 Å². The molecular formula is C27H25N3O4S. The van der Waals surface area contributed by atoms with Crippen LogP contribution in [0.3, 0.4) is 0 Å². The van der Waals surface area contributed by atoms with Crippen LogP contribution >= 0.6 is 0 Å². The number of sulfonamides is 1. The van der Waals surface area contributed by atoms with E-state index >= 15 is 0 Å². The van der Waals surface area contributed by atoms with Gasteiger partial charge in [-0.15, -0.1) is 0 Å². The van der Waals surface area contributed by atoms with Gasteiger partial charge in [0.2, 0.25) is 5.88 Å². The van der Waals surface area contributed by atoms with Crippen molar-refractivity contribution >= 4 is 21.6 Å². The summed E-state index contributed by atoms with van der Waals surface area (Å²) < 4.78 is 32.8. The molecule has 1 aromatic heterocycles. The highest BCUT2D eigenvalue weighted by atomic mass is 32.2. The van der Waals surface area contributed by atoms with E-state index in [-0.39, 0.29) is 17.3 Å². The number of rotatable bonds is 9. The Morgan fingerprint density at radius 1 is 0.886 bits per heavy atom. The maximum Gasteiger partial charge on any atom is 0.264 e. The lowest BCUT2D eigenvalue weighted by molar-refractivity contribution is 0.0950. The van der Waals surface area contributed by atoms with Gasteiger partial charge in [-0.05, 0) is 53.6 Å². The van der Waals surface area contributed by atoms with Crippen molar-refractivity contribution < 1.29 is 17.9 Å². The van der Waals surface area contributed by atoms with Gasteiger partial charge < -0.3 is 10.1 Å². The highest BCUT2D eigenvalue weighted by molar-refractivity contribution is 7.92. The first-order valence-corrected chi connectivity index (χ1v) is 12.4. The lowest BCUT2D eigenvalue weighted by Crippen LogP contribution is -2.27. The number of hydrogen-bond acceptors (Lipinski definition) is 5. The lowest BCUT2D eigenvalue weighted by atomic mass is 10.2. The lowest BCUT2D eigenvalue weighted by Gasteiger charge is -2.19. The molecule has 7 nitrogen and oxygen atoms in total. The number of pyridine rings is 1. The Morgan fingerprint density at radius 3 is 2.23 bits per heavy atom. The van der Waals surface area contributed by atoms with E-state index in [9.17, 15) is 13.2 Å². The van der Waals surface area contributed by atoms with Crippen molar-refractivity contribution in [2.45, 2.75) is 18.0 Å². The van der Waals surface area contributed by atoms with Gasteiger partial charge in [0.1, 0.15) is 6.61 Å². The monoisotopic (exact) mass is 487 g/mol. The number of carbonyl (C=O) groups excluding carboxylic acids is 1. The van der Waals surface area contributed by atoms with Crippen LogP contribution < -0.4 is 14.4 Å². The molecule has 4 aromatic rings. The Kier molecular flexibility index (Phi) is 7.42. The Labute approximate surface area is 205 Å². The largest absolute Gasteiger partial charge is 0.473 e. The molecule has 0 bridgehead atoms. The fourth-order valence-corrected chi connectivity index (χ4v) is 4.56. The number of nitrogens with one attached hydrogen (secondary N) is 1. The SMILES string of the molecule is CN(c1ccccc1)S(=O)(=O)c1ccc(C(=O)NCc2ccnc(OCc3ccccc3)c2)cc1. The fourth-order valence-electron chi connectivity index (χ4n) is 3.37. The second-order valence-electron chi connectivity index (χ2n) is 7.79. The van der Waals surface area contributed by atoms with Crippen LogP contribution in [-0.2, 0) is 23.2 Å². The zero-order valence-corrected chi connectivity index (χ0v) is 20.0. The van der Waals surface area contributed by atoms with Crippen molar-refractivity contribution in [1.29, 1.82) is 0 Å². The van der Waals surface area contributed by atoms with Crippen LogP contribution in [0.15, 0.2) is 108 Å². The van der Waals surface area contributed by atoms with Crippen LogP contribution in [0.1, 0.15) is 21.5 Å². The first-order valence-electron chi connectivity index (χ1n) is 11.0. The zero-order valence-electron chi connectivity index (χ0n) is 19.2. The van der Waals surface area contributed by atoms with Crippen molar-refractivity contribution in [2.75, 3.05) is 11.4 Å². The molecule has 0 aliphatic heterocycles. The predicted octanol–water partition coefficient (Wildman–Crippen LogP) is 4.42. The van der Waals surface area contributed by atoms with Crippen LogP contribution in [0, 0.1) is 0 Å². The van der Waals surface area contributed by atoms with E-state index in [1.54, 1.807) is 42.6 Å². The van der Waals surface area contributed by atoms with Gasteiger partial charge in [-0.3, -0.25) is 9.10 Å². The Balaban J connectivity index is 1.36. The molecule has 0 unspecified atom stereocenters. The number of aromatic nitrogens is 1. The molecular weight excluding hydrogens is 462 g/mol. The molecule has 1 amide bonds. The Bertz CT molecular complexity index is 1380. The maximum absolute atomic E-state index is 12.9. The minimum Gasteiger partial charge on any atom is -0.473 e. The summed E-state index contributed by atoms with van der Waals surface area (Å²) in [5.41, 5.74) is 2.79. The molecule has 3 aromatic carbocycles. The van der Waals surface area contributed by atoms with E-state index in [2.05, 4.69) is 10.3 Å². The number of anilines is 1. The Hall–Kier alpha value is -4.17. The van der Waals surface area contributed by atoms with Gasteiger partial charge in [0, 0.05) is 31.4 Å². The zero-order chi connectivity index (χ0) is 24.7. The van der Waals surface area contributed by atoms with Crippen LogP contribution in [-0.4, -0.2) is 26.4 Å². The molecule has 0 saturated heterocycles. The van der Waals surface area contributed by atoms with Crippen molar-refractivity contribution in [2.24, 2.45) is 0 Å². The third-order valence-corrected chi connectivity index (χ3v) is 7.18. The number of amides is 1. The maximum atomic E-state index is 12.9. The standard InChI is InChI=1S/C27H25N3O4S/c1-30(24-10-6-3-7-11-24)35(32,33)25-14-12-23(13-15-25)27(31)29-19-22-16-17-28-26(18-22)34-20-21-8-4-2-5-9-21/h2-18H,19-20H2,1H3,(H,29,31). The molecule has 0 saturated carbocycles. The molecule has 0 fully saturated rings. The highest BCUT2D eigenvalue weighted by Crippen LogP contribution is 2.22. The average molecular weight is 488 g/mol. The minimum absolute atomic E-state index is 0.106. The van der Waals surface area contributed by atoms with Crippen molar-refractivity contribution in [3.05, 3.63) is 120 Å². The molecule has 178 valence electrons. The first kappa shape index (κ1) is 24.0. The van der Waals surface area contributed by atoms with Gasteiger partial charge in [0.05, 0.1) is 10.6 Å². The number of benzene rings is 3. The summed E-state index contributed by atoms with van der Waals surface area (Å²) >= 11 is 0. The fraction of sp³-hybridized carbons (Fsp3) is 0.111. The molecule has 0 spiro atoms. The van der Waals surface area contributed by atoms with E-state index in [1.807, 2.05) is 36.4 Å². The van der Waals surface area contributed by atoms with Gasteiger partial charge in [-0.2, -0.15) is 0 Å². The van der Waals surface area contributed by atoms with E-state index < -0.39 is 10.0 Å². The summed E-state index contributed by atoms with van der Waals surface area (Å²) in [6.07, 6.45) is 1.63. The van der Waals surface area contributed by atoms with E-state index in [0.717, 1.165) is 11.1 Å². The quantitative estimate of drug-likeness (QED) is 0.378. The van der Waals surface area contributed by atoms with Gasteiger partial charge in [-0.25, -0.2) is 13.4 Å². The number of hydrogen-bond donors (Lipinski definition) is 1. The summed E-state index contributed by atoms with van der Waals surface area (Å²) in [6, 6.07) is 28.0. The normalized spacial score (nSPS) is 11.0. The number of carbonyl (C=O) groups is 1. The van der Waals surface area contributed by atoms with Gasteiger partial charge in [-0.1, -0.05) is 48.5 Å². The second-order valence-corrected chi connectivity index (χ2v) is 9.76. The van der Waals surface area contributed by atoms with E-state index in [0.29, 0.717) is 23.7 Å². The third-order valence-electron chi connectivity index (χ3n) is 5.38. The van der Waals surface area contributed by atoms with Crippen LogP contribution in [0.4, 0.5) is 5.69 Å². The van der Waals surface area contributed by atoms with Gasteiger partial charge in [0.15, 0.2) is 0 Å². The molecule has 35 heavy (non-hydrogen) atoms. The minimum atomic E-state index is -3.74. The van der Waals surface area contributed by atoms with Crippen molar-refractivity contribution in [1.82, 2.24) is 10.3 Å². The molecule has 0 aliphatic rings. The summed E-state index contributed by atoms with van der Waals surface area (Å²) in [7, 11) is -2.24. The average Bonchev–Trinajstić information content (AvgIpc) is 2.91. The highest BCUT2D eigenvalue weighted by Gasteiger charge is 2.21. The van der Waals surface area contributed by atoms with Crippen LogP contribution in [0.2, 0.25) is 0 Å². The number of para-hydroxylation sites is 1. The molecule has 4 rings (SSSR count). The summed E-state index contributed by atoms with van der Waals surface area (Å²) in [5, 5.41) is 2.84. The van der Waals surface area contributed by atoms with E-state index in [4.69, 9.17) is 4.74 Å². The second kappa shape index (κ2) is 10.8. The smallest absolute Gasteiger partial charge is 0.264 e. The molecule has 1 heterocycles.